The van der Waals surface area contributed by atoms with Crippen molar-refractivity contribution in [2.45, 2.75) is 51.6 Å². The Morgan fingerprint density at radius 3 is 2.72 bits per heavy atom. The second-order valence-electron chi connectivity index (χ2n) is 7.80. The van der Waals surface area contributed by atoms with E-state index in [-0.39, 0.29) is 17.9 Å². The summed E-state index contributed by atoms with van der Waals surface area (Å²) in [4.78, 5) is 30.3. The zero-order valence-corrected chi connectivity index (χ0v) is 19.6. The van der Waals surface area contributed by atoms with E-state index in [1.807, 2.05) is 32.6 Å². The van der Waals surface area contributed by atoms with Crippen LogP contribution in [0.2, 0.25) is 0 Å². The zero-order chi connectivity index (χ0) is 22.9. The lowest BCUT2D eigenvalue weighted by Gasteiger charge is -2.24. The Bertz CT molecular complexity index is 985. The van der Waals surface area contributed by atoms with Crippen molar-refractivity contribution in [3.8, 4) is 10.4 Å². The van der Waals surface area contributed by atoms with Gasteiger partial charge in [-0.1, -0.05) is 36.3 Å². The first-order valence-corrected chi connectivity index (χ1v) is 11.8. The lowest BCUT2D eigenvalue weighted by Crippen LogP contribution is -2.39. The Hall–Kier alpha value is -2.84. The van der Waals surface area contributed by atoms with Crippen LogP contribution in [0.15, 0.2) is 46.6 Å². The summed E-state index contributed by atoms with van der Waals surface area (Å²) in [6.07, 6.45) is 5.07. The van der Waals surface area contributed by atoms with E-state index in [9.17, 15) is 9.59 Å². The number of hydrogen-bond acceptors (Lipinski definition) is 7. The molecule has 1 fully saturated rings. The molecule has 7 nitrogen and oxygen atoms in total. The highest BCUT2D eigenvalue weighted by Gasteiger charge is 2.34. The summed E-state index contributed by atoms with van der Waals surface area (Å²) in [6.45, 7) is 5.34. The highest BCUT2D eigenvalue weighted by Crippen LogP contribution is 2.27. The highest BCUT2D eigenvalue weighted by molar-refractivity contribution is 7.13. The number of benzene rings is 1. The summed E-state index contributed by atoms with van der Waals surface area (Å²) in [5.74, 6) is 0.242. The summed E-state index contributed by atoms with van der Waals surface area (Å²) in [6, 6.07) is 10.1. The summed E-state index contributed by atoms with van der Waals surface area (Å²) in [5.41, 5.74) is 5.18. The monoisotopic (exact) mass is 454 g/mol. The Kier molecular flexibility index (Phi) is 8.70. The number of thiazole rings is 1. The molecule has 1 aliphatic heterocycles. The summed E-state index contributed by atoms with van der Waals surface area (Å²) in [7, 11) is 1.96. The fourth-order valence-electron chi connectivity index (χ4n) is 3.80. The average Bonchev–Trinajstić information content (AvgIpc) is 3.57. The largest absolute Gasteiger partial charge is 0.360 e. The molecule has 4 rings (SSSR count). The van der Waals surface area contributed by atoms with Crippen LogP contribution in [-0.2, 0) is 16.1 Å². The molecule has 2 unspecified atom stereocenters. The second kappa shape index (κ2) is 11.7. The lowest BCUT2D eigenvalue weighted by molar-refractivity contribution is -0.136. The van der Waals surface area contributed by atoms with Crippen LogP contribution in [0, 0.1) is 6.92 Å². The Morgan fingerprint density at radius 2 is 2.16 bits per heavy atom. The van der Waals surface area contributed by atoms with Crippen LogP contribution in [-0.4, -0.2) is 46.9 Å². The maximum absolute atomic E-state index is 12.4. The van der Waals surface area contributed by atoms with E-state index in [4.69, 9.17) is 4.52 Å². The van der Waals surface area contributed by atoms with Gasteiger partial charge in [0.05, 0.1) is 28.0 Å². The van der Waals surface area contributed by atoms with E-state index in [1.165, 1.54) is 16.0 Å². The SMILES string of the molecule is CCC(C(=O)N1CCCC1C=O)c1cc(C)no1.CNCc1ccc(-c2cncs2)cc1. The van der Waals surface area contributed by atoms with E-state index in [2.05, 4.69) is 39.7 Å². The van der Waals surface area contributed by atoms with E-state index in [0.717, 1.165) is 31.4 Å². The molecule has 0 aliphatic carbocycles. The third-order valence-electron chi connectivity index (χ3n) is 5.49. The zero-order valence-electron chi connectivity index (χ0n) is 18.8. The lowest BCUT2D eigenvalue weighted by atomic mass is 10.0. The maximum atomic E-state index is 12.4. The van der Waals surface area contributed by atoms with Gasteiger partial charge in [-0.3, -0.25) is 9.78 Å². The second-order valence-corrected chi connectivity index (χ2v) is 8.69. The molecule has 32 heavy (non-hydrogen) atoms. The number of likely N-dealkylation sites (tertiary alicyclic amines) is 1. The van der Waals surface area contributed by atoms with Crippen molar-refractivity contribution in [1.82, 2.24) is 20.4 Å². The van der Waals surface area contributed by atoms with Gasteiger partial charge in [0.25, 0.3) is 0 Å². The van der Waals surface area contributed by atoms with Crippen molar-refractivity contribution < 1.29 is 14.1 Å². The molecular weight excluding hydrogens is 424 g/mol. The standard InChI is InChI=1S/C13H18N2O3.C11H12N2S/c1-3-11(12-7-9(2)14-18-12)13(17)15-6-4-5-10(15)8-16;1-12-6-9-2-4-10(5-3-9)11-7-13-8-14-11/h7-8,10-11H,3-6H2,1-2H3;2-5,7-8,12H,6H2,1H3. The average molecular weight is 455 g/mol. The number of aldehydes is 1. The third kappa shape index (κ3) is 5.89. The fraction of sp³-hybridized carbons (Fsp3) is 0.417. The molecule has 0 radical (unpaired) electrons. The first-order chi connectivity index (χ1) is 15.6. The molecule has 3 aromatic rings. The predicted molar refractivity (Wildman–Crippen MR) is 125 cm³/mol. The summed E-state index contributed by atoms with van der Waals surface area (Å²) < 4.78 is 5.18. The van der Waals surface area contributed by atoms with Crippen LogP contribution in [0.4, 0.5) is 0 Å². The van der Waals surface area contributed by atoms with Crippen molar-refractivity contribution in [2.24, 2.45) is 0 Å². The van der Waals surface area contributed by atoms with E-state index in [0.29, 0.717) is 18.7 Å². The Labute approximate surface area is 192 Å². The van der Waals surface area contributed by atoms with Gasteiger partial charge in [-0.15, -0.1) is 11.3 Å². The quantitative estimate of drug-likeness (QED) is 0.539. The summed E-state index contributed by atoms with van der Waals surface area (Å²) in [5, 5.41) is 6.95. The normalized spacial score (nSPS) is 16.3. The van der Waals surface area contributed by atoms with Gasteiger partial charge < -0.3 is 19.5 Å². The molecule has 1 N–H and O–H groups in total. The Balaban J connectivity index is 0.000000186. The van der Waals surface area contributed by atoms with Crippen LogP contribution < -0.4 is 5.32 Å². The molecule has 1 aliphatic rings. The van der Waals surface area contributed by atoms with E-state index in [1.54, 1.807) is 22.3 Å². The smallest absolute Gasteiger partial charge is 0.234 e. The van der Waals surface area contributed by atoms with Gasteiger partial charge in [0.15, 0.2) is 0 Å². The molecule has 0 bridgehead atoms. The van der Waals surface area contributed by atoms with Gasteiger partial charge in [0.2, 0.25) is 5.91 Å². The molecule has 8 heteroatoms. The minimum atomic E-state index is -0.327. The number of carbonyl (C=O) groups excluding carboxylic acids is 2. The number of hydrogen-bond donors (Lipinski definition) is 1. The number of nitrogens with one attached hydrogen (secondary N) is 1. The first-order valence-electron chi connectivity index (χ1n) is 10.9. The maximum Gasteiger partial charge on any atom is 0.234 e. The van der Waals surface area contributed by atoms with Gasteiger partial charge in [-0.05, 0) is 44.4 Å². The van der Waals surface area contributed by atoms with Crippen molar-refractivity contribution >= 4 is 23.5 Å². The van der Waals surface area contributed by atoms with E-state index < -0.39 is 0 Å². The number of amides is 1. The topological polar surface area (TPSA) is 88.3 Å². The minimum Gasteiger partial charge on any atom is -0.360 e. The molecular formula is C24H30N4O3S. The molecule has 2 atom stereocenters. The van der Waals surface area contributed by atoms with Crippen LogP contribution >= 0.6 is 11.3 Å². The van der Waals surface area contributed by atoms with Crippen LogP contribution in [0.25, 0.3) is 10.4 Å². The molecule has 1 amide bonds. The van der Waals surface area contributed by atoms with Crippen molar-refractivity contribution in [3.05, 3.63) is 59.1 Å². The van der Waals surface area contributed by atoms with Crippen LogP contribution in [0.3, 0.4) is 0 Å². The van der Waals surface area contributed by atoms with Crippen molar-refractivity contribution in [2.75, 3.05) is 13.6 Å². The molecule has 3 heterocycles. The number of nitrogens with zero attached hydrogens (tertiary/aromatic N) is 3. The van der Waals surface area contributed by atoms with Crippen molar-refractivity contribution in [1.29, 1.82) is 0 Å². The van der Waals surface area contributed by atoms with E-state index >= 15 is 0 Å². The number of carbonyl (C=O) groups is 2. The fourth-order valence-corrected chi connectivity index (χ4v) is 4.43. The van der Waals surface area contributed by atoms with Gasteiger partial charge in [0.1, 0.15) is 12.0 Å². The Morgan fingerprint density at radius 1 is 1.38 bits per heavy atom. The van der Waals surface area contributed by atoms with Gasteiger partial charge in [-0.25, -0.2) is 0 Å². The molecule has 1 saturated heterocycles. The molecule has 1 aromatic carbocycles. The van der Waals surface area contributed by atoms with Gasteiger partial charge >= 0.3 is 0 Å². The third-order valence-corrected chi connectivity index (χ3v) is 6.31. The van der Waals surface area contributed by atoms with Gasteiger partial charge in [-0.2, -0.15) is 0 Å². The van der Waals surface area contributed by atoms with Crippen LogP contribution in [0.5, 0.6) is 0 Å². The molecule has 0 saturated carbocycles. The van der Waals surface area contributed by atoms with Gasteiger partial charge in [0, 0.05) is 25.4 Å². The van der Waals surface area contributed by atoms with Crippen molar-refractivity contribution in [3.63, 3.8) is 0 Å². The number of aromatic nitrogens is 2. The van der Waals surface area contributed by atoms with Crippen LogP contribution in [0.1, 0.15) is 49.1 Å². The molecule has 0 spiro atoms. The predicted octanol–water partition coefficient (Wildman–Crippen LogP) is 4.20. The highest BCUT2D eigenvalue weighted by atomic mass is 32.1. The molecule has 170 valence electrons. The molecule has 2 aromatic heterocycles. The number of rotatable bonds is 7. The minimum absolute atomic E-state index is 0.0248. The summed E-state index contributed by atoms with van der Waals surface area (Å²) >= 11 is 1.67. The number of aryl methyl sites for hydroxylation is 1. The first kappa shape index (κ1) is 23.8.